The van der Waals surface area contributed by atoms with E-state index in [0.29, 0.717) is 18.5 Å². The highest BCUT2D eigenvalue weighted by molar-refractivity contribution is 7.88. The molecule has 1 unspecified atom stereocenters. The zero-order valence-electron chi connectivity index (χ0n) is 17.8. The smallest absolute Gasteiger partial charge is 0.286 e. The van der Waals surface area contributed by atoms with Crippen LogP contribution in [-0.4, -0.2) is 61.9 Å². The first-order chi connectivity index (χ1) is 16.2. The molecule has 15 heteroatoms. The van der Waals surface area contributed by atoms with E-state index in [1.54, 1.807) is 4.72 Å². The van der Waals surface area contributed by atoms with Crippen LogP contribution in [0.25, 0.3) is 11.1 Å². The number of likely N-dealkylation sites (tertiary alicyclic amines) is 1. The number of nitrogens with one attached hydrogen (secondary N) is 1. The monoisotopic (exact) mass is 526 g/mol. The first kappa shape index (κ1) is 25.2. The van der Waals surface area contributed by atoms with Crippen LogP contribution in [0.15, 0.2) is 35.6 Å². The lowest BCUT2D eigenvalue weighted by molar-refractivity contribution is -0.131. The summed E-state index contributed by atoms with van der Waals surface area (Å²) in [5.74, 6) is -7.41. The van der Waals surface area contributed by atoms with Crippen molar-refractivity contribution in [2.45, 2.75) is 30.4 Å². The average molecular weight is 526 g/mol. The highest BCUT2D eigenvalue weighted by atomic mass is 32.2. The number of pyridine rings is 1. The van der Waals surface area contributed by atoms with Gasteiger partial charge in [0, 0.05) is 12.1 Å². The Bertz CT molecular complexity index is 1270. The van der Waals surface area contributed by atoms with Gasteiger partial charge in [-0.25, -0.2) is 43.9 Å². The maximum Gasteiger partial charge on any atom is 0.286 e. The average Bonchev–Trinajstić information content (AvgIpc) is 3.29. The van der Waals surface area contributed by atoms with Crippen molar-refractivity contribution in [3.63, 3.8) is 0 Å². The quantitative estimate of drug-likeness (QED) is 0.605. The Balaban J connectivity index is 1.72. The summed E-state index contributed by atoms with van der Waals surface area (Å²) in [6.07, 6.45) is -3.08. The molecule has 1 saturated heterocycles. The number of benzene rings is 1. The highest BCUT2D eigenvalue weighted by Crippen LogP contribution is 2.45. The van der Waals surface area contributed by atoms with Gasteiger partial charge in [-0.05, 0) is 18.2 Å². The van der Waals surface area contributed by atoms with E-state index in [1.807, 2.05) is 0 Å². The third-order valence-corrected chi connectivity index (χ3v) is 6.32. The van der Waals surface area contributed by atoms with Gasteiger partial charge < -0.3 is 9.74 Å². The summed E-state index contributed by atoms with van der Waals surface area (Å²) in [7, 11) is -4.02. The molecule has 1 aromatic carbocycles. The lowest BCUT2D eigenvalue weighted by atomic mass is 9.88. The van der Waals surface area contributed by atoms with Crippen LogP contribution >= 0.6 is 0 Å². The molecule has 190 valence electrons. The molecular formula is C20H17F7N4O3S. The molecular weight excluding hydrogens is 509 g/mol. The number of aromatic nitrogens is 1. The van der Waals surface area contributed by atoms with E-state index < -0.39 is 93.6 Å². The summed E-state index contributed by atoms with van der Waals surface area (Å²) in [6.45, 7) is -1.68. The number of alkyl halides is 4. The van der Waals surface area contributed by atoms with E-state index in [1.165, 1.54) is 0 Å². The molecule has 2 atom stereocenters. The van der Waals surface area contributed by atoms with Crippen LogP contribution in [0.4, 0.5) is 30.7 Å². The Morgan fingerprint density at radius 3 is 2.46 bits per heavy atom. The molecule has 35 heavy (non-hydrogen) atoms. The standard InChI is InChI=1S/C20H17F7N4O3S/c1-35(32,33)30-14-8-31(9-20(14,26)27)15-6-19(18(24)25,34-29-15)17-11(5-10(21)7-28-17)16-12(22)3-2-4-13(16)23/h2-5,7,14,18,30H,6,8-9H2,1H3/t14-,19?/m1/s1. The summed E-state index contributed by atoms with van der Waals surface area (Å²) in [4.78, 5) is 9.46. The third-order valence-electron chi connectivity index (χ3n) is 5.61. The summed E-state index contributed by atoms with van der Waals surface area (Å²) < 4.78 is 125. The van der Waals surface area contributed by atoms with E-state index in [9.17, 15) is 39.2 Å². The second-order valence-electron chi connectivity index (χ2n) is 8.20. The van der Waals surface area contributed by atoms with Gasteiger partial charge in [0.1, 0.15) is 35.0 Å². The van der Waals surface area contributed by atoms with Gasteiger partial charge in [0.15, 0.2) is 0 Å². The Kier molecular flexibility index (Phi) is 6.20. The minimum absolute atomic E-state index is 0.395. The SMILES string of the molecule is CS(=O)(=O)N[C@@H]1CN(C2=NOC(c3ncc(F)cc3-c3c(F)cccc3F)(C(F)F)C2)CC1(F)F. The van der Waals surface area contributed by atoms with Crippen LogP contribution in [0.1, 0.15) is 12.1 Å². The molecule has 1 fully saturated rings. The van der Waals surface area contributed by atoms with Crippen molar-refractivity contribution in [3.8, 4) is 11.1 Å². The van der Waals surface area contributed by atoms with E-state index >= 15 is 0 Å². The van der Waals surface area contributed by atoms with E-state index in [0.717, 1.165) is 23.1 Å². The number of halogens is 7. The van der Waals surface area contributed by atoms with Gasteiger partial charge in [-0.3, -0.25) is 4.98 Å². The van der Waals surface area contributed by atoms with Gasteiger partial charge in [0.05, 0.1) is 31.0 Å². The van der Waals surface area contributed by atoms with Crippen LogP contribution in [0.2, 0.25) is 0 Å². The fourth-order valence-corrected chi connectivity index (χ4v) is 4.80. The number of sulfonamides is 1. The number of hydrogen-bond donors (Lipinski definition) is 1. The molecule has 1 N–H and O–H groups in total. The molecule has 0 radical (unpaired) electrons. The lowest BCUT2D eigenvalue weighted by Crippen LogP contribution is -2.46. The topological polar surface area (TPSA) is 83.9 Å². The summed E-state index contributed by atoms with van der Waals surface area (Å²) in [5, 5.41) is 3.50. The van der Waals surface area contributed by atoms with Crippen molar-refractivity contribution < 1.29 is 44.0 Å². The first-order valence-corrected chi connectivity index (χ1v) is 11.9. The molecule has 2 aliphatic heterocycles. The number of oxime groups is 1. The van der Waals surface area contributed by atoms with Crippen molar-refractivity contribution in [1.82, 2.24) is 14.6 Å². The highest BCUT2D eigenvalue weighted by Gasteiger charge is 2.57. The lowest BCUT2D eigenvalue weighted by Gasteiger charge is -2.28. The zero-order valence-corrected chi connectivity index (χ0v) is 18.6. The molecule has 0 spiro atoms. The predicted molar refractivity (Wildman–Crippen MR) is 109 cm³/mol. The van der Waals surface area contributed by atoms with Gasteiger partial charge in [0.2, 0.25) is 15.6 Å². The van der Waals surface area contributed by atoms with Crippen LogP contribution < -0.4 is 4.72 Å². The molecule has 3 heterocycles. The molecule has 7 nitrogen and oxygen atoms in total. The second kappa shape index (κ2) is 8.62. The summed E-state index contributed by atoms with van der Waals surface area (Å²) in [6, 6.07) is 1.42. The maximum absolute atomic E-state index is 14.5. The van der Waals surface area contributed by atoms with Gasteiger partial charge in [0.25, 0.3) is 12.3 Å². The molecule has 0 amide bonds. The molecule has 2 aliphatic rings. The minimum atomic E-state index is -4.02. The molecule has 2 aromatic rings. The van der Waals surface area contributed by atoms with Crippen molar-refractivity contribution in [3.05, 3.63) is 53.6 Å². The molecule has 4 rings (SSSR count). The Labute approximate surface area is 194 Å². The van der Waals surface area contributed by atoms with E-state index in [2.05, 4.69) is 10.1 Å². The Hall–Kier alpha value is -2.94. The Morgan fingerprint density at radius 2 is 1.86 bits per heavy atom. The predicted octanol–water partition coefficient (Wildman–Crippen LogP) is 3.23. The van der Waals surface area contributed by atoms with Gasteiger partial charge in [-0.2, -0.15) is 0 Å². The molecule has 0 bridgehead atoms. The van der Waals surface area contributed by atoms with E-state index in [4.69, 9.17) is 4.84 Å². The number of nitrogens with zero attached hydrogens (tertiary/aromatic N) is 3. The van der Waals surface area contributed by atoms with Crippen LogP contribution in [0.3, 0.4) is 0 Å². The molecule has 1 aromatic heterocycles. The molecule has 0 saturated carbocycles. The van der Waals surface area contributed by atoms with Crippen molar-refractivity contribution >= 4 is 15.9 Å². The number of amidine groups is 1. The summed E-state index contributed by atoms with van der Waals surface area (Å²) in [5.41, 5.74) is -5.05. The number of hydrogen-bond acceptors (Lipinski definition) is 6. The van der Waals surface area contributed by atoms with Crippen molar-refractivity contribution in [2.24, 2.45) is 5.16 Å². The van der Waals surface area contributed by atoms with Crippen molar-refractivity contribution in [1.29, 1.82) is 0 Å². The summed E-state index contributed by atoms with van der Waals surface area (Å²) >= 11 is 0. The normalized spacial score (nSPS) is 24.1. The van der Waals surface area contributed by atoms with Crippen molar-refractivity contribution in [2.75, 3.05) is 19.3 Å². The third kappa shape index (κ3) is 4.66. The van der Waals surface area contributed by atoms with Crippen LogP contribution in [0, 0.1) is 17.5 Å². The zero-order chi connectivity index (χ0) is 25.8. The fraction of sp³-hybridized carbons (Fsp3) is 0.400. The second-order valence-corrected chi connectivity index (χ2v) is 9.98. The van der Waals surface area contributed by atoms with Crippen LogP contribution in [0.5, 0.6) is 0 Å². The molecule has 0 aliphatic carbocycles. The Morgan fingerprint density at radius 1 is 1.20 bits per heavy atom. The van der Waals surface area contributed by atoms with Gasteiger partial charge >= 0.3 is 0 Å². The minimum Gasteiger partial charge on any atom is -0.374 e. The maximum atomic E-state index is 14.5. The first-order valence-electron chi connectivity index (χ1n) is 9.97. The number of rotatable bonds is 5. The van der Waals surface area contributed by atoms with Gasteiger partial charge in [-0.15, -0.1) is 0 Å². The van der Waals surface area contributed by atoms with Gasteiger partial charge in [-0.1, -0.05) is 11.2 Å². The van der Waals surface area contributed by atoms with Crippen LogP contribution in [-0.2, 0) is 20.5 Å². The fourth-order valence-electron chi connectivity index (χ4n) is 4.03. The largest absolute Gasteiger partial charge is 0.374 e. The van der Waals surface area contributed by atoms with E-state index in [-0.39, 0.29) is 0 Å².